The fourth-order valence-corrected chi connectivity index (χ4v) is 5.63. The summed E-state index contributed by atoms with van der Waals surface area (Å²) in [5.41, 5.74) is -0.207. The smallest absolute Gasteiger partial charge is 0.416 e. The molecule has 8 nitrogen and oxygen atoms in total. The predicted octanol–water partition coefficient (Wildman–Crippen LogP) is 4.78. The molecule has 1 fully saturated rings. The van der Waals surface area contributed by atoms with Gasteiger partial charge in [-0.2, -0.15) is 13.2 Å². The minimum atomic E-state index is -4.72. The second kappa shape index (κ2) is 11.8. The number of pyridine rings is 1. The SMILES string of the molecule is COC(=O)CCN1CCN(c2ncc(-c3cccc(F)c3)cc2NS(=O)(=O)c2cccc(C(F)(F)F)c2)[C@H](C)C1. The number of esters is 1. The van der Waals surface area contributed by atoms with Crippen molar-refractivity contribution in [2.45, 2.75) is 30.5 Å². The molecule has 0 radical (unpaired) electrons. The third kappa shape index (κ3) is 6.89. The van der Waals surface area contributed by atoms with E-state index in [0.29, 0.717) is 43.4 Å². The lowest BCUT2D eigenvalue weighted by atomic mass is 10.1. The van der Waals surface area contributed by atoms with Crippen molar-refractivity contribution in [1.82, 2.24) is 9.88 Å². The molecule has 0 amide bonds. The molecular formula is C27H28F4N4O4S. The van der Waals surface area contributed by atoms with Crippen molar-refractivity contribution >= 4 is 27.5 Å². The Kier molecular flexibility index (Phi) is 8.64. The average molecular weight is 581 g/mol. The molecule has 0 unspecified atom stereocenters. The number of carbonyl (C=O) groups is 1. The Morgan fingerprint density at radius 2 is 1.85 bits per heavy atom. The van der Waals surface area contributed by atoms with E-state index in [2.05, 4.69) is 14.6 Å². The van der Waals surface area contributed by atoms with Crippen molar-refractivity contribution in [1.29, 1.82) is 0 Å². The van der Waals surface area contributed by atoms with Crippen LogP contribution in [0.3, 0.4) is 0 Å². The van der Waals surface area contributed by atoms with Gasteiger partial charge in [-0.25, -0.2) is 17.8 Å². The van der Waals surface area contributed by atoms with E-state index in [1.54, 1.807) is 6.07 Å². The number of benzene rings is 2. The van der Waals surface area contributed by atoms with E-state index in [0.717, 1.165) is 18.2 Å². The molecule has 4 rings (SSSR count). The number of methoxy groups -OCH3 is 1. The highest BCUT2D eigenvalue weighted by Crippen LogP contribution is 2.35. The van der Waals surface area contributed by atoms with E-state index in [-0.39, 0.29) is 29.9 Å². The van der Waals surface area contributed by atoms with Gasteiger partial charge in [0.1, 0.15) is 5.82 Å². The summed E-state index contributed by atoms with van der Waals surface area (Å²) in [6, 6.07) is 10.4. The molecule has 0 saturated carbocycles. The van der Waals surface area contributed by atoms with Crippen molar-refractivity contribution in [3.63, 3.8) is 0 Å². The van der Waals surface area contributed by atoms with Crippen molar-refractivity contribution in [2.75, 3.05) is 42.9 Å². The number of sulfonamides is 1. The molecule has 0 bridgehead atoms. The number of ether oxygens (including phenoxy) is 1. The maximum atomic E-state index is 13.9. The Hall–Kier alpha value is -3.71. The molecule has 1 aromatic heterocycles. The molecule has 40 heavy (non-hydrogen) atoms. The molecule has 13 heteroatoms. The number of hydrogen-bond acceptors (Lipinski definition) is 7. The largest absolute Gasteiger partial charge is 0.469 e. The lowest BCUT2D eigenvalue weighted by molar-refractivity contribution is -0.141. The first-order valence-corrected chi connectivity index (χ1v) is 13.9. The monoisotopic (exact) mass is 580 g/mol. The summed E-state index contributed by atoms with van der Waals surface area (Å²) >= 11 is 0. The summed E-state index contributed by atoms with van der Waals surface area (Å²) < 4.78 is 87.4. The highest BCUT2D eigenvalue weighted by Gasteiger charge is 2.32. The van der Waals surface area contributed by atoms with Crippen LogP contribution < -0.4 is 9.62 Å². The van der Waals surface area contributed by atoms with Crippen LogP contribution in [0.25, 0.3) is 11.1 Å². The zero-order valence-electron chi connectivity index (χ0n) is 21.8. The molecule has 3 aromatic rings. The van der Waals surface area contributed by atoms with E-state index in [4.69, 9.17) is 4.74 Å². The Morgan fingerprint density at radius 1 is 1.10 bits per heavy atom. The van der Waals surface area contributed by atoms with Crippen molar-refractivity contribution < 1.29 is 35.5 Å². The molecule has 0 spiro atoms. The van der Waals surface area contributed by atoms with Gasteiger partial charge in [-0.3, -0.25) is 14.4 Å². The normalized spacial score (nSPS) is 16.6. The van der Waals surface area contributed by atoms with Crippen LogP contribution in [0.4, 0.5) is 29.1 Å². The molecule has 2 aromatic carbocycles. The Bertz CT molecular complexity index is 1480. The van der Waals surface area contributed by atoms with Gasteiger partial charge in [0.15, 0.2) is 5.82 Å². The van der Waals surface area contributed by atoms with E-state index in [1.165, 1.54) is 37.6 Å². The van der Waals surface area contributed by atoms with Crippen LogP contribution in [-0.2, 0) is 25.7 Å². The summed E-state index contributed by atoms with van der Waals surface area (Å²) in [6.45, 7) is 3.94. The molecular weight excluding hydrogens is 552 g/mol. The molecule has 2 heterocycles. The summed E-state index contributed by atoms with van der Waals surface area (Å²) in [5.74, 6) is -0.545. The first kappa shape index (κ1) is 29.3. The van der Waals surface area contributed by atoms with Crippen LogP contribution in [0.5, 0.6) is 0 Å². The summed E-state index contributed by atoms with van der Waals surface area (Å²) in [6.07, 6.45) is -3.01. The quantitative estimate of drug-likeness (QED) is 0.303. The number of aromatic nitrogens is 1. The van der Waals surface area contributed by atoms with Gasteiger partial charge in [0.2, 0.25) is 0 Å². The molecule has 1 aliphatic heterocycles. The number of alkyl halides is 3. The fourth-order valence-electron chi connectivity index (χ4n) is 4.53. The second-order valence-electron chi connectivity index (χ2n) is 9.41. The number of piperazine rings is 1. The number of carbonyl (C=O) groups excluding carboxylic acids is 1. The van der Waals surface area contributed by atoms with Crippen LogP contribution in [0.15, 0.2) is 65.7 Å². The van der Waals surface area contributed by atoms with E-state index >= 15 is 0 Å². The topological polar surface area (TPSA) is 91.8 Å². The molecule has 214 valence electrons. The van der Waals surface area contributed by atoms with Crippen LogP contribution >= 0.6 is 0 Å². The zero-order chi connectivity index (χ0) is 29.1. The van der Waals surface area contributed by atoms with E-state index in [9.17, 15) is 30.8 Å². The number of rotatable bonds is 8. The summed E-state index contributed by atoms with van der Waals surface area (Å²) in [4.78, 5) is 19.4. The number of nitrogens with zero attached hydrogens (tertiary/aromatic N) is 3. The Labute approximate surface area is 229 Å². The minimum Gasteiger partial charge on any atom is -0.469 e. The van der Waals surface area contributed by atoms with E-state index < -0.39 is 32.5 Å². The number of halogens is 4. The highest BCUT2D eigenvalue weighted by atomic mass is 32.2. The first-order valence-electron chi connectivity index (χ1n) is 12.4. The zero-order valence-corrected chi connectivity index (χ0v) is 22.6. The molecule has 1 aliphatic rings. The fraction of sp³-hybridized carbons (Fsp3) is 0.333. The van der Waals surface area contributed by atoms with Crippen LogP contribution in [0.1, 0.15) is 18.9 Å². The third-order valence-electron chi connectivity index (χ3n) is 6.58. The summed E-state index contributed by atoms with van der Waals surface area (Å²) in [7, 11) is -3.14. The lowest BCUT2D eigenvalue weighted by Crippen LogP contribution is -2.52. The van der Waals surface area contributed by atoms with Crippen molar-refractivity contribution in [3.05, 3.63) is 72.2 Å². The number of anilines is 2. The first-order chi connectivity index (χ1) is 18.9. The van der Waals surface area contributed by atoms with Gasteiger partial charge in [-0.05, 0) is 48.9 Å². The number of hydrogen-bond donors (Lipinski definition) is 1. The van der Waals surface area contributed by atoms with Gasteiger partial charge >= 0.3 is 12.1 Å². The maximum absolute atomic E-state index is 13.9. The van der Waals surface area contributed by atoms with Gasteiger partial charge in [0, 0.05) is 44.0 Å². The van der Waals surface area contributed by atoms with Crippen molar-refractivity contribution in [2.24, 2.45) is 0 Å². The maximum Gasteiger partial charge on any atom is 0.416 e. The highest BCUT2D eigenvalue weighted by molar-refractivity contribution is 7.92. The minimum absolute atomic E-state index is 0.0361. The van der Waals surface area contributed by atoms with Crippen LogP contribution in [-0.4, -0.2) is 63.6 Å². The number of nitrogens with one attached hydrogen (secondary N) is 1. The summed E-state index contributed by atoms with van der Waals surface area (Å²) in [5, 5.41) is 0. The average Bonchev–Trinajstić information content (AvgIpc) is 2.91. The van der Waals surface area contributed by atoms with E-state index in [1.807, 2.05) is 11.8 Å². The van der Waals surface area contributed by atoms with Crippen LogP contribution in [0, 0.1) is 5.82 Å². The van der Waals surface area contributed by atoms with Gasteiger partial charge in [0.25, 0.3) is 10.0 Å². The van der Waals surface area contributed by atoms with Crippen LogP contribution in [0.2, 0.25) is 0 Å². The third-order valence-corrected chi connectivity index (χ3v) is 7.95. The van der Waals surface area contributed by atoms with Gasteiger partial charge in [0.05, 0.1) is 29.7 Å². The Morgan fingerprint density at radius 3 is 2.52 bits per heavy atom. The second-order valence-corrected chi connectivity index (χ2v) is 11.1. The molecule has 1 saturated heterocycles. The lowest BCUT2D eigenvalue weighted by Gasteiger charge is -2.41. The predicted molar refractivity (Wildman–Crippen MR) is 142 cm³/mol. The van der Waals surface area contributed by atoms with Gasteiger partial charge < -0.3 is 9.64 Å². The molecule has 1 atom stereocenters. The van der Waals surface area contributed by atoms with Gasteiger partial charge in [-0.15, -0.1) is 0 Å². The standard InChI is InChI=1S/C27H28F4N4O4S/c1-18-17-34(10-9-25(36)39-2)11-12-35(18)26-24(14-20(16-32-26)19-5-3-7-22(28)13-19)33-40(37,38)23-8-4-6-21(15-23)27(29,30)31/h3-8,13-16,18,33H,9-12,17H2,1-2H3/t18-/m1/s1. The van der Waals surface area contributed by atoms with Gasteiger partial charge in [-0.1, -0.05) is 18.2 Å². The Balaban J connectivity index is 1.68. The molecule has 0 aliphatic carbocycles. The molecule has 1 N–H and O–H groups in total. The van der Waals surface area contributed by atoms with Crippen molar-refractivity contribution in [3.8, 4) is 11.1 Å².